The zero-order valence-corrected chi connectivity index (χ0v) is 16.0. The Balaban J connectivity index is 1.47. The Morgan fingerprint density at radius 2 is 2.00 bits per heavy atom. The first-order valence-corrected chi connectivity index (χ1v) is 10.4. The smallest absolute Gasteiger partial charge is 0.0343 e. The van der Waals surface area contributed by atoms with Gasteiger partial charge in [-0.3, -0.25) is 4.98 Å². The maximum atomic E-state index is 4.40. The highest BCUT2D eigenvalue weighted by Gasteiger charge is 2.59. The van der Waals surface area contributed by atoms with Gasteiger partial charge >= 0.3 is 0 Å². The van der Waals surface area contributed by atoms with Crippen LogP contribution in [0.3, 0.4) is 0 Å². The van der Waals surface area contributed by atoms with Crippen molar-refractivity contribution >= 4 is 5.57 Å². The summed E-state index contributed by atoms with van der Waals surface area (Å²) in [5.74, 6) is 2.72. The molecular formula is C23H32N2. The molecule has 4 aliphatic rings. The van der Waals surface area contributed by atoms with Crippen molar-refractivity contribution in [2.75, 3.05) is 13.6 Å². The molecule has 25 heavy (non-hydrogen) atoms. The number of pyridine rings is 1. The molecule has 3 fully saturated rings. The van der Waals surface area contributed by atoms with Crippen molar-refractivity contribution in [2.24, 2.45) is 28.6 Å². The first-order chi connectivity index (χ1) is 12.0. The molecule has 2 nitrogen and oxygen atoms in total. The predicted molar refractivity (Wildman–Crippen MR) is 103 cm³/mol. The molecule has 134 valence electrons. The van der Waals surface area contributed by atoms with Crippen LogP contribution < -0.4 is 0 Å². The van der Waals surface area contributed by atoms with Gasteiger partial charge in [0.1, 0.15) is 0 Å². The van der Waals surface area contributed by atoms with Gasteiger partial charge in [0.2, 0.25) is 0 Å². The van der Waals surface area contributed by atoms with E-state index in [1.807, 2.05) is 6.20 Å². The molecule has 6 unspecified atom stereocenters. The van der Waals surface area contributed by atoms with Crippen molar-refractivity contribution in [3.63, 3.8) is 0 Å². The summed E-state index contributed by atoms with van der Waals surface area (Å²) in [6, 6.07) is 5.20. The topological polar surface area (TPSA) is 16.1 Å². The molecule has 1 aromatic heterocycles. The van der Waals surface area contributed by atoms with E-state index in [9.17, 15) is 0 Å². The van der Waals surface area contributed by atoms with Gasteiger partial charge in [-0.1, -0.05) is 26.0 Å². The summed E-state index contributed by atoms with van der Waals surface area (Å²) in [7, 11) is 2.36. The number of hydrogen-bond acceptors (Lipinski definition) is 2. The Morgan fingerprint density at radius 3 is 2.80 bits per heavy atom. The van der Waals surface area contributed by atoms with Crippen LogP contribution in [0.2, 0.25) is 0 Å². The van der Waals surface area contributed by atoms with Crippen LogP contribution in [0.5, 0.6) is 0 Å². The van der Waals surface area contributed by atoms with Crippen LogP contribution in [-0.4, -0.2) is 29.5 Å². The predicted octanol–water partition coefficient (Wildman–Crippen LogP) is 5.02. The minimum Gasteiger partial charge on any atom is -0.303 e. The molecule has 2 heterocycles. The maximum absolute atomic E-state index is 4.40. The fourth-order valence-electron chi connectivity index (χ4n) is 7.62. The molecule has 3 aliphatic carbocycles. The van der Waals surface area contributed by atoms with Crippen LogP contribution in [0.25, 0.3) is 5.57 Å². The van der Waals surface area contributed by atoms with Gasteiger partial charge in [0.25, 0.3) is 0 Å². The summed E-state index contributed by atoms with van der Waals surface area (Å²) in [4.78, 5) is 7.06. The molecular weight excluding hydrogens is 304 g/mol. The minimum atomic E-state index is 0.373. The Kier molecular flexibility index (Phi) is 3.48. The average molecular weight is 337 g/mol. The summed E-state index contributed by atoms with van der Waals surface area (Å²) in [6.45, 7) is 6.51. The van der Waals surface area contributed by atoms with E-state index in [0.717, 1.165) is 23.8 Å². The van der Waals surface area contributed by atoms with E-state index in [-0.39, 0.29) is 0 Å². The third-order valence-corrected chi connectivity index (χ3v) is 8.91. The van der Waals surface area contributed by atoms with Crippen molar-refractivity contribution in [3.8, 4) is 0 Å². The summed E-state index contributed by atoms with van der Waals surface area (Å²) in [6.07, 6.45) is 14.9. The van der Waals surface area contributed by atoms with Crippen molar-refractivity contribution in [3.05, 3.63) is 36.2 Å². The second kappa shape index (κ2) is 5.42. The molecule has 0 aromatic carbocycles. The summed E-state index contributed by atoms with van der Waals surface area (Å²) in [5, 5.41) is 0. The largest absolute Gasteiger partial charge is 0.303 e. The van der Waals surface area contributed by atoms with Gasteiger partial charge in [0.15, 0.2) is 0 Å². The van der Waals surface area contributed by atoms with Crippen LogP contribution in [0, 0.1) is 28.6 Å². The fourth-order valence-corrected chi connectivity index (χ4v) is 7.62. The van der Waals surface area contributed by atoms with E-state index in [1.165, 1.54) is 50.6 Å². The highest BCUT2D eigenvalue weighted by Crippen LogP contribution is 2.66. The minimum absolute atomic E-state index is 0.373. The monoisotopic (exact) mass is 336 g/mol. The molecule has 1 aromatic rings. The zero-order valence-electron chi connectivity index (χ0n) is 16.0. The second-order valence-corrected chi connectivity index (χ2v) is 9.76. The molecule has 2 heteroatoms. The zero-order chi connectivity index (χ0) is 17.2. The molecule has 2 saturated carbocycles. The van der Waals surface area contributed by atoms with Gasteiger partial charge in [-0.05, 0) is 97.9 Å². The first kappa shape index (κ1) is 16.1. The number of nitrogens with zero attached hydrogens (tertiary/aromatic N) is 2. The molecule has 0 amide bonds. The summed E-state index contributed by atoms with van der Waals surface area (Å²) < 4.78 is 0. The van der Waals surface area contributed by atoms with Crippen LogP contribution in [0.1, 0.15) is 57.9 Å². The number of rotatable bonds is 1. The Morgan fingerprint density at radius 1 is 1.12 bits per heavy atom. The van der Waals surface area contributed by atoms with Gasteiger partial charge in [0.05, 0.1) is 0 Å². The average Bonchev–Trinajstić information content (AvgIpc) is 3.12. The summed E-state index contributed by atoms with van der Waals surface area (Å²) in [5.41, 5.74) is 3.90. The lowest BCUT2D eigenvalue weighted by atomic mass is 9.48. The van der Waals surface area contributed by atoms with E-state index in [4.69, 9.17) is 0 Å². The molecule has 0 N–H and O–H groups in total. The summed E-state index contributed by atoms with van der Waals surface area (Å²) >= 11 is 0. The van der Waals surface area contributed by atoms with Crippen LogP contribution in [0.4, 0.5) is 0 Å². The van der Waals surface area contributed by atoms with E-state index >= 15 is 0 Å². The SMILES string of the molecule is CN1CCC2(C)C3CCC4(C)C(c5cccnc5)=CCC4C3CCC12. The van der Waals surface area contributed by atoms with Crippen molar-refractivity contribution in [2.45, 2.75) is 58.4 Å². The number of allylic oxidation sites excluding steroid dienone is 2. The van der Waals surface area contributed by atoms with E-state index in [1.54, 1.807) is 5.57 Å². The van der Waals surface area contributed by atoms with E-state index in [0.29, 0.717) is 10.8 Å². The van der Waals surface area contributed by atoms with Crippen LogP contribution in [-0.2, 0) is 0 Å². The fraction of sp³-hybridized carbons (Fsp3) is 0.696. The lowest BCUT2D eigenvalue weighted by Gasteiger charge is -2.57. The van der Waals surface area contributed by atoms with E-state index < -0.39 is 0 Å². The third-order valence-electron chi connectivity index (χ3n) is 8.91. The highest BCUT2D eigenvalue weighted by atomic mass is 15.2. The molecule has 6 atom stereocenters. The third kappa shape index (κ3) is 2.10. The standard InChI is InChI=1S/C23H32N2/c1-22-11-10-20-17(6-9-21-23(20,2)12-14-25(21)3)19(22)8-7-18(22)16-5-4-13-24-15-16/h4-5,7,13,15,17,19-21H,6,8-12,14H2,1-3H3. The Labute approximate surface area is 152 Å². The first-order valence-electron chi connectivity index (χ1n) is 10.4. The normalized spacial score (nSPS) is 46.3. The van der Waals surface area contributed by atoms with Crippen molar-refractivity contribution < 1.29 is 0 Å². The van der Waals surface area contributed by atoms with Gasteiger partial charge in [0, 0.05) is 18.4 Å². The molecule has 1 saturated heterocycles. The lowest BCUT2D eigenvalue weighted by molar-refractivity contribution is -0.0602. The van der Waals surface area contributed by atoms with Gasteiger partial charge < -0.3 is 4.90 Å². The van der Waals surface area contributed by atoms with Gasteiger partial charge in [-0.25, -0.2) is 0 Å². The van der Waals surface area contributed by atoms with Gasteiger partial charge in [-0.15, -0.1) is 0 Å². The number of fused-ring (bicyclic) bond motifs is 5. The number of aromatic nitrogens is 1. The van der Waals surface area contributed by atoms with Crippen molar-refractivity contribution in [1.29, 1.82) is 0 Å². The molecule has 0 bridgehead atoms. The lowest BCUT2D eigenvalue weighted by Crippen LogP contribution is -2.53. The number of likely N-dealkylation sites (tertiary alicyclic amines) is 1. The van der Waals surface area contributed by atoms with Crippen molar-refractivity contribution in [1.82, 2.24) is 9.88 Å². The molecule has 0 radical (unpaired) electrons. The second-order valence-electron chi connectivity index (χ2n) is 9.76. The Bertz CT molecular complexity index is 695. The maximum Gasteiger partial charge on any atom is 0.0343 e. The quantitative estimate of drug-likeness (QED) is 0.716. The van der Waals surface area contributed by atoms with Crippen LogP contribution in [0.15, 0.2) is 30.6 Å². The molecule has 0 spiro atoms. The van der Waals surface area contributed by atoms with E-state index in [2.05, 4.69) is 55.2 Å². The van der Waals surface area contributed by atoms with Crippen LogP contribution >= 0.6 is 0 Å². The highest BCUT2D eigenvalue weighted by molar-refractivity contribution is 5.72. The molecule has 5 rings (SSSR count). The molecule has 1 aliphatic heterocycles. The Hall–Kier alpha value is -1.15. The number of hydrogen-bond donors (Lipinski definition) is 0. The van der Waals surface area contributed by atoms with Gasteiger partial charge in [-0.2, -0.15) is 0 Å².